The molecular weight excluding hydrogens is 245 g/mol. The van der Waals surface area contributed by atoms with Gasteiger partial charge in [0, 0.05) is 5.56 Å². The summed E-state index contributed by atoms with van der Waals surface area (Å²) in [4.78, 5) is 12.1. The van der Waals surface area contributed by atoms with Gasteiger partial charge in [-0.25, -0.2) is 0 Å². The number of halogens is 3. The van der Waals surface area contributed by atoms with Crippen molar-refractivity contribution < 1.29 is 23.1 Å². The van der Waals surface area contributed by atoms with E-state index in [0.717, 1.165) is 12.1 Å². The third kappa shape index (κ3) is 2.27. The maximum Gasteiger partial charge on any atom is 0.417 e. The molecule has 2 nitrogen and oxygen atoms in total. The zero-order valence-electron chi connectivity index (χ0n) is 9.63. The number of aliphatic hydroxyl groups is 1. The molecule has 1 aromatic carbocycles. The van der Waals surface area contributed by atoms with Crippen molar-refractivity contribution in [1.82, 2.24) is 0 Å². The number of carbonyl (C=O) groups excluding carboxylic acids is 1. The molecule has 0 atom stereocenters. The van der Waals surface area contributed by atoms with E-state index in [2.05, 4.69) is 0 Å². The fraction of sp³-hybridized carbons (Fsp3) is 0.462. The molecule has 1 aliphatic rings. The first kappa shape index (κ1) is 13.1. The first-order valence-corrected chi connectivity index (χ1v) is 5.78. The lowest BCUT2D eigenvalue weighted by Gasteiger charge is -2.22. The van der Waals surface area contributed by atoms with Crippen LogP contribution in [0.2, 0.25) is 0 Å². The highest BCUT2D eigenvalue weighted by molar-refractivity contribution is 6.03. The van der Waals surface area contributed by atoms with E-state index in [1.165, 1.54) is 12.1 Å². The summed E-state index contributed by atoms with van der Waals surface area (Å²) in [6.07, 6.45) is -2.79. The van der Waals surface area contributed by atoms with Crippen molar-refractivity contribution in [3.63, 3.8) is 0 Å². The number of hydrogen-bond acceptors (Lipinski definition) is 2. The van der Waals surface area contributed by atoms with Gasteiger partial charge in [0.1, 0.15) is 5.60 Å². The van der Waals surface area contributed by atoms with Gasteiger partial charge in [-0.2, -0.15) is 13.2 Å². The van der Waals surface area contributed by atoms with E-state index < -0.39 is 28.7 Å². The van der Waals surface area contributed by atoms with Crippen molar-refractivity contribution in [2.24, 2.45) is 0 Å². The first-order valence-electron chi connectivity index (χ1n) is 5.78. The molecule has 0 aliphatic heterocycles. The van der Waals surface area contributed by atoms with Crippen molar-refractivity contribution in [2.45, 2.75) is 37.5 Å². The largest absolute Gasteiger partial charge is 0.417 e. The van der Waals surface area contributed by atoms with Crippen molar-refractivity contribution in [1.29, 1.82) is 0 Å². The summed E-state index contributed by atoms with van der Waals surface area (Å²) < 4.78 is 38.4. The predicted molar refractivity (Wildman–Crippen MR) is 59.2 cm³/mol. The molecule has 0 saturated heterocycles. The smallest absolute Gasteiger partial charge is 0.382 e. The molecule has 0 radical (unpaired) electrons. The number of benzene rings is 1. The Hall–Kier alpha value is -1.36. The second-order valence-corrected chi connectivity index (χ2v) is 4.61. The average molecular weight is 258 g/mol. The summed E-state index contributed by atoms with van der Waals surface area (Å²) in [6.45, 7) is 0. The standard InChI is InChI=1S/C13H13F3O2/c14-13(15,16)10-6-2-1-5-9(10)11(17)12(18)7-3-4-8-12/h1-2,5-6,18H,3-4,7-8H2. The van der Waals surface area contributed by atoms with Crippen LogP contribution in [-0.2, 0) is 6.18 Å². The van der Waals surface area contributed by atoms with Gasteiger partial charge >= 0.3 is 6.18 Å². The van der Waals surface area contributed by atoms with Crippen molar-refractivity contribution in [3.8, 4) is 0 Å². The highest BCUT2D eigenvalue weighted by atomic mass is 19.4. The molecule has 0 spiro atoms. The Balaban J connectivity index is 2.42. The van der Waals surface area contributed by atoms with Crippen LogP contribution in [0.5, 0.6) is 0 Å². The van der Waals surface area contributed by atoms with Crippen LogP contribution in [0.15, 0.2) is 24.3 Å². The van der Waals surface area contributed by atoms with Crippen LogP contribution in [0.4, 0.5) is 13.2 Å². The Morgan fingerprint density at radius 2 is 1.72 bits per heavy atom. The molecule has 1 saturated carbocycles. The van der Waals surface area contributed by atoms with Gasteiger partial charge in [0.15, 0.2) is 5.78 Å². The molecule has 0 unspecified atom stereocenters. The topological polar surface area (TPSA) is 37.3 Å². The second kappa shape index (κ2) is 4.39. The zero-order chi connectivity index (χ0) is 13.4. The Morgan fingerprint density at radius 1 is 1.17 bits per heavy atom. The molecule has 0 bridgehead atoms. The van der Waals surface area contributed by atoms with Crippen molar-refractivity contribution in [3.05, 3.63) is 35.4 Å². The Bertz CT molecular complexity index is 460. The average Bonchev–Trinajstić information content (AvgIpc) is 2.75. The monoisotopic (exact) mass is 258 g/mol. The van der Waals surface area contributed by atoms with Gasteiger partial charge < -0.3 is 5.11 Å². The van der Waals surface area contributed by atoms with E-state index in [-0.39, 0.29) is 12.8 Å². The van der Waals surface area contributed by atoms with E-state index in [1.54, 1.807) is 0 Å². The third-order valence-electron chi connectivity index (χ3n) is 3.33. The van der Waals surface area contributed by atoms with E-state index in [1.807, 2.05) is 0 Å². The highest BCUT2D eigenvalue weighted by Crippen LogP contribution is 2.37. The lowest BCUT2D eigenvalue weighted by molar-refractivity contribution is -0.138. The van der Waals surface area contributed by atoms with Crippen LogP contribution >= 0.6 is 0 Å². The quantitative estimate of drug-likeness (QED) is 0.827. The molecule has 1 fully saturated rings. The van der Waals surface area contributed by atoms with Crippen LogP contribution < -0.4 is 0 Å². The number of ketones is 1. The molecular formula is C13H13F3O2. The number of Topliss-reactive ketones (excluding diaryl/α,β-unsaturated/α-hetero) is 1. The van der Waals surface area contributed by atoms with Gasteiger partial charge in [0.2, 0.25) is 0 Å². The zero-order valence-corrected chi connectivity index (χ0v) is 9.63. The lowest BCUT2D eigenvalue weighted by Crippen LogP contribution is -2.36. The fourth-order valence-electron chi connectivity index (χ4n) is 2.37. The minimum Gasteiger partial charge on any atom is -0.382 e. The Morgan fingerprint density at radius 3 is 2.28 bits per heavy atom. The number of rotatable bonds is 2. The fourth-order valence-corrected chi connectivity index (χ4v) is 2.37. The van der Waals surface area contributed by atoms with E-state index in [9.17, 15) is 23.1 Å². The van der Waals surface area contributed by atoms with Crippen LogP contribution in [0, 0.1) is 0 Å². The van der Waals surface area contributed by atoms with Crippen molar-refractivity contribution >= 4 is 5.78 Å². The van der Waals surface area contributed by atoms with Gasteiger partial charge in [-0.1, -0.05) is 18.2 Å². The molecule has 18 heavy (non-hydrogen) atoms. The maximum atomic E-state index is 12.8. The number of alkyl halides is 3. The predicted octanol–water partition coefficient (Wildman–Crippen LogP) is 3.19. The van der Waals surface area contributed by atoms with Crippen LogP contribution in [-0.4, -0.2) is 16.5 Å². The summed E-state index contributed by atoms with van der Waals surface area (Å²) in [7, 11) is 0. The summed E-state index contributed by atoms with van der Waals surface area (Å²) in [5, 5.41) is 10.1. The molecule has 2 rings (SSSR count). The van der Waals surface area contributed by atoms with Crippen LogP contribution in [0.3, 0.4) is 0 Å². The van der Waals surface area contributed by atoms with Crippen LogP contribution in [0.25, 0.3) is 0 Å². The van der Waals surface area contributed by atoms with E-state index >= 15 is 0 Å². The van der Waals surface area contributed by atoms with Gasteiger partial charge in [-0.3, -0.25) is 4.79 Å². The third-order valence-corrected chi connectivity index (χ3v) is 3.33. The van der Waals surface area contributed by atoms with Gasteiger partial charge in [0.25, 0.3) is 0 Å². The van der Waals surface area contributed by atoms with Crippen LogP contribution in [0.1, 0.15) is 41.6 Å². The lowest BCUT2D eigenvalue weighted by atomic mass is 9.89. The molecule has 0 amide bonds. The summed E-state index contributed by atoms with van der Waals surface area (Å²) in [6, 6.07) is 4.60. The van der Waals surface area contributed by atoms with Crippen molar-refractivity contribution in [2.75, 3.05) is 0 Å². The normalized spacial score (nSPS) is 18.9. The molecule has 1 aliphatic carbocycles. The van der Waals surface area contributed by atoms with E-state index in [4.69, 9.17) is 0 Å². The summed E-state index contributed by atoms with van der Waals surface area (Å²) in [5.74, 6) is -0.812. The number of carbonyl (C=O) groups is 1. The molecule has 0 heterocycles. The molecule has 98 valence electrons. The highest BCUT2D eigenvalue weighted by Gasteiger charge is 2.43. The van der Waals surface area contributed by atoms with Gasteiger partial charge in [-0.15, -0.1) is 0 Å². The van der Waals surface area contributed by atoms with E-state index in [0.29, 0.717) is 12.8 Å². The first-order chi connectivity index (χ1) is 8.34. The summed E-state index contributed by atoms with van der Waals surface area (Å²) in [5.41, 5.74) is -3.04. The molecule has 1 aromatic rings. The second-order valence-electron chi connectivity index (χ2n) is 4.61. The molecule has 1 N–H and O–H groups in total. The number of hydrogen-bond donors (Lipinski definition) is 1. The Kier molecular flexibility index (Phi) is 3.19. The maximum absolute atomic E-state index is 12.8. The molecule has 5 heteroatoms. The van der Waals surface area contributed by atoms with Gasteiger partial charge in [0.05, 0.1) is 5.56 Å². The summed E-state index contributed by atoms with van der Waals surface area (Å²) >= 11 is 0. The Labute approximate surface area is 102 Å². The molecule has 0 aromatic heterocycles. The minimum absolute atomic E-state index is 0.234. The van der Waals surface area contributed by atoms with Gasteiger partial charge in [-0.05, 0) is 31.7 Å². The minimum atomic E-state index is -4.58. The SMILES string of the molecule is O=C(c1ccccc1C(F)(F)F)C1(O)CCCC1.